The summed E-state index contributed by atoms with van der Waals surface area (Å²) in [5, 5.41) is 4.72. The number of aromatic nitrogens is 1. The normalized spacial score (nSPS) is 22.6. The standard InChI is InChI=1S/C19H26N4.ClH/c1-15-11-16(12-17-3-2-5-21-19(15)17)13-22-8-4-18(14-22)23-9-6-20-7-10-23;/h2-3,5,11-12,18,20H,4,6-10,13-14H2,1H3;1H. The van der Waals surface area contributed by atoms with Gasteiger partial charge in [0.25, 0.3) is 0 Å². The highest BCUT2D eigenvalue weighted by atomic mass is 35.5. The molecule has 0 saturated carbocycles. The highest BCUT2D eigenvalue weighted by molar-refractivity contribution is 5.85. The Hall–Kier alpha value is -1.20. The zero-order valence-electron chi connectivity index (χ0n) is 14.4. The molecular formula is C19H27ClN4. The first-order valence-corrected chi connectivity index (χ1v) is 8.81. The van der Waals surface area contributed by atoms with Gasteiger partial charge >= 0.3 is 0 Å². The number of aryl methyl sites for hydroxylation is 1. The Kier molecular flexibility index (Phi) is 5.72. The second kappa shape index (κ2) is 7.79. The van der Waals surface area contributed by atoms with Gasteiger partial charge in [0.2, 0.25) is 0 Å². The Morgan fingerprint density at radius 2 is 2.04 bits per heavy atom. The number of hydrogen-bond acceptors (Lipinski definition) is 4. The fraction of sp³-hybridized carbons (Fsp3) is 0.526. The van der Waals surface area contributed by atoms with Crippen LogP contribution in [0.15, 0.2) is 30.5 Å². The van der Waals surface area contributed by atoms with Crippen LogP contribution in [0.2, 0.25) is 0 Å². The van der Waals surface area contributed by atoms with Crippen LogP contribution in [0, 0.1) is 6.92 Å². The summed E-state index contributed by atoms with van der Waals surface area (Å²) in [5.41, 5.74) is 3.84. The molecule has 5 heteroatoms. The van der Waals surface area contributed by atoms with Gasteiger partial charge in [0.15, 0.2) is 0 Å². The second-order valence-electron chi connectivity index (χ2n) is 6.95. The van der Waals surface area contributed by atoms with Crippen LogP contribution in [0.4, 0.5) is 0 Å². The predicted molar refractivity (Wildman–Crippen MR) is 102 cm³/mol. The van der Waals surface area contributed by atoms with Crippen LogP contribution in [-0.4, -0.2) is 60.1 Å². The lowest BCUT2D eigenvalue weighted by Crippen LogP contribution is -2.49. The van der Waals surface area contributed by atoms with Crippen molar-refractivity contribution in [1.29, 1.82) is 0 Å². The number of piperazine rings is 1. The lowest BCUT2D eigenvalue weighted by molar-refractivity contribution is 0.170. The van der Waals surface area contributed by atoms with E-state index in [9.17, 15) is 0 Å². The second-order valence-corrected chi connectivity index (χ2v) is 6.95. The largest absolute Gasteiger partial charge is 0.314 e. The molecule has 2 saturated heterocycles. The maximum Gasteiger partial charge on any atom is 0.0731 e. The van der Waals surface area contributed by atoms with Crippen LogP contribution >= 0.6 is 12.4 Å². The minimum Gasteiger partial charge on any atom is -0.314 e. The summed E-state index contributed by atoms with van der Waals surface area (Å²) in [6, 6.07) is 9.58. The number of halogens is 1. The molecule has 1 aromatic heterocycles. The van der Waals surface area contributed by atoms with Crippen LogP contribution in [0.5, 0.6) is 0 Å². The summed E-state index contributed by atoms with van der Waals surface area (Å²) < 4.78 is 0. The summed E-state index contributed by atoms with van der Waals surface area (Å²) >= 11 is 0. The molecule has 0 radical (unpaired) electrons. The Balaban J connectivity index is 0.00000169. The first kappa shape index (κ1) is 17.6. The lowest BCUT2D eigenvalue weighted by Gasteiger charge is -2.32. The number of nitrogens with one attached hydrogen (secondary N) is 1. The van der Waals surface area contributed by atoms with Gasteiger partial charge in [0.1, 0.15) is 0 Å². The summed E-state index contributed by atoms with van der Waals surface area (Å²) in [4.78, 5) is 9.79. The van der Waals surface area contributed by atoms with E-state index in [0.29, 0.717) is 0 Å². The Labute approximate surface area is 150 Å². The molecule has 2 aromatic rings. The van der Waals surface area contributed by atoms with Crippen LogP contribution < -0.4 is 5.32 Å². The maximum atomic E-state index is 4.50. The number of nitrogens with zero attached hydrogens (tertiary/aromatic N) is 3. The van der Waals surface area contributed by atoms with E-state index in [1.54, 1.807) is 0 Å². The maximum absolute atomic E-state index is 4.50. The summed E-state index contributed by atoms with van der Waals surface area (Å²) in [5.74, 6) is 0. The first-order chi connectivity index (χ1) is 11.3. The van der Waals surface area contributed by atoms with Crippen LogP contribution in [0.3, 0.4) is 0 Å². The van der Waals surface area contributed by atoms with E-state index in [4.69, 9.17) is 0 Å². The smallest absolute Gasteiger partial charge is 0.0731 e. The van der Waals surface area contributed by atoms with E-state index < -0.39 is 0 Å². The fourth-order valence-electron chi connectivity index (χ4n) is 4.10. The van der Waals surface area contributed by atoms with Crippen LogP contribution in [0.1, 0.15) is 17.5 Å². The molecule has 2 aliphatic heterocycles. The van der Waals surface area contributed by atoms with Crippen molar-refractivity contribution in [1.82, 2.24) is 20.1 Å². The Bertz CT molecular complexity index is 684. The van der Waals surface area contributed by atoms with Crippen molar-refractivity contribution in [2.45, 2.75) is 25.9 Å². The van der Waals surface area contributed by atoms with Gasteiger partial charge in [-0.2, -0.15) is 0 Å². The van der Waals surface area contributed by atoms with Gasteiger partial charge < -0.3 is 5.32 Å². The molecule has 130 valence electrons. The quantitative estimate of drug-likeness (QED) is 0.925. The number of fused-ring (bicyclic) bond motifs is 1. The third-order valence-corrected chi connectivity index (χ3v) is 5.28. The first-order valence-electron chi connectivity index (χ1n) is 8.81. The molecule has 2 aliphatic rings. The molecule has 1 unspecified atom stereocenters. The minimum absolute atomic E-state index is 0. The van der Waals surface area contributed by atoms with E-state index in [1.807, 2.05) is 12.3 Å². The van der Waals surface area contributed by atoms with Gasteiger partial charge in [0, 0.05) is 63.4 Å². The molecule has 4 nitrogen and oxygen atoms in total. The molecule has 0 aliphatic carbocycles. The van der Waals surface area contributed by atoms with E-state index in [2.05, 4.69) is 45.2 Å². The Morgan fingerprint density at radius 3 is 2.88 bits per heavy atom. The average Bonchev–Trinajstić information content (AvgIpc) is 3.04. The molecule has 1 atom stereocenters. The molecule has 2 fully saturated rings. The highest BCUT2D eigenvalue weighted by Gasteiger charge is 2.28. The number of pyridine rings is 1. The third kappa shape index (κ3) is 3.72. The van der Waals surface area contributed by atoms with E-state index >= 15 is 0 Å². The molecule has 1 N–H and O–H groups in total. The fourth-order valence-corrected chi connectivity index (χ4v) is 4.10. The van der Waals surface area contributed by atoms with Crippen molar-refractivity contribution in [2.75, 3.05) is 39.3 Å². The van der Waals surface area contributed by atoms with Gasteiger partial charge in [-0.15, -0.1) is 12.4 Å². The molecular weight excluding hydrogens is 320 g/mol. The third-order valence-electron chi connectivity index (χ3n) is 5.28. The predicted octanol–water partition coefficient (Wildman–Crippen LogP) is 2.44. The number of benzene rings is 1. The zero-order chi connectivity index (χ0) is 15.6. The molecule has 0 amide bonds. The number of rotatable bonds is 3. The zero-order valence-corrected chi connectivity index (χ0v) is 15.2. The van der Waals surface area contributed by atoms with Gasteiger partial charge in [0.05, 0.1) is 5.52 Å². The molecule has 3 heterocycles. The minimum atomic E-state index is 0. The molecule has 0 spiro atoms. The van der Waals surface area contributed by atoms with Crippen molar-refractivity contribution in [3.8, 4) is 0 Å². The number of hydrogen-bond donors (Lipinski definition) is 1. The van der Waals surface area contributed by atoms with E-state index in [0.717, 1.165) is 31.2 Å². The molecule has 0 bridgehead atoms. The SMILES string of the molecule is Cc1cc(CN2CCC(N3CCNCC3)C2)cc2cccnc12.Cl. The van der Waals surface area contributed by atoms with E-state index in [1.165, 1.54) is 49.1 Å². The van der Waals surface area contributed by atoms with Crippen molar-refractivity contribution in [2.24, 2.45) is 0 Å². The van der Waals surface area contributed by atoms with Crippen molar-refractivity contribution in [3.05, 3.63) is 41.6 Å². The topological polar surface area (TPSA) is 31.4 Å². The van der Waals surface area contributed by atoms with Gasteiger partial charge in [-0.1, -0.05) is 12.1 Å². The van der Waals surface area contributed by atoms with E-state index in [-0.39, 0.29) is 12.4 Å². The van der Waals surface area contributed by atoms with Gasteiger partial charge in [-0.3, -0.25) is 14.8 Å². The van der Waals surface area contributed by atoms with Crippen LogP contribution in [-0.2, 0) is 6.54 Å². The Morgan fingerprint density at radius 1 is 1.21 bits per heavy atom. The average molecular weight is 347 g/mol. The lowest BCUT2D eigenvalue weighted by atomic mass is 10.1. The van der Waals surface area contributed by atoms with Gasteiger partial charge in [-0.25, -0.2) is 0 Å². The molecule has 24 heavy (non-hydrogen) atoms. The van der Waals surface area contributed by atoms with Crippen molar-refractivity contribution < 1.29 is 0 Å². The highest BCUT2D eigenvalue weighted by Crippen LogP contribution is 2.22. The summed E-state index contributed by atoms with van der Waals surface area (Å²) in [6.07, 6.45) is 3.20. The van der Waals surface area contributed by atoms with Crippen molar-refractivity contribution >= 4 is 23.3 Å². The molecule has 4 rings (SSSR count). The number of likely N-dealkylation sites (tertiary alicyclic amines) is 1. The monoisotopic (exact) mass is 346 g/mol. The molecule has 1 aromatic carbocycles. The van der Waals surface area contributed by atoms with Crippen molar-refractivity contribution in [3.63, 3.8) is 0 Å². The van der Waals surface area contributed by atoms with Gasteiger partial charge in [-0.05, 0) is 36.6 Å². The summed E-state index contributed by atoms with van der Waals surface area (Å²) in [6.45, 7) is 10.4. The van der Waals surface area contributed by atoms with Crippen LogP contribution in [0.25, 0.3) is 10.9 Å². The summed E-state index contributed by atoms with van der Waals surface area (Å²) in [7, 11) is 0.